The average Bonchev–Trinajstić information content (AvgIpc) is 3.30. The number of rotatable bonds is 46. The number of hydrogen-bond acceptors (Lipinski definition) is 6. The summed E-state index contributed by atoms with van der Waals surface area (Å²) < 4.78 is 16.7. The summed E-state index contributed by atoms with van der Waals surface area (Å²) in [4.78, 5) is 38.0. The Morgan fingerprint density at radius 2 is 0.615 bits per heavy atom. The molecule has 0 heterocycles. The predicted molar refractivity (Wildman–Crippen MR) is 279 cm³/mol. The first kappa shape index (κ1) is 61.1. The second kappa shape index (κ2) is 52.7. The number of unbranched alkanes of at least 4 members (excludes halogenated alkanes) is 17. The maximum atomic E-state index is 12.8. The smallest absolute Gasteiger partial charge is 0.306 e. The Balaban J connectivity index is 4.54. The van der Waals surface area contributed by atoms with Gasteiger partial charge in [0.05, 0.1) is 0 Å². The monoisotopic (exact) mass is 901 g/mol. The van der Waals surface area contributed by atoms with Crippen molar-refractivity contribution in [3.8, 4) is 0 Å². The number of allylic oxidation sites excluding steroid dienone is 18. The van der Waals surface area contributed by atoms with Gasteiger partial charge in [0, 0.05) is 19.3 Å². The van der Waals surface area contributed by atoms with Gasteiger partial charge in [0.2, 0.25) is 0 Å². The maximum Gasteiger partial charge on any atom is 0.306 e. The molecule has 0 amide bonds. The molecule has 65 heavy (non-hydrogen) atoms. The lowest BCUT2D eigenvalue weighted by Crippen LogP contribution is -2.30. The average molecular weight is 901 g/mol. The summed E-state index contributed by atoms with van der Waals surface area (Å²) in [6.07, 6.45) is 70.7. The van der Waals surface area contributed by atoms with Gasteiger partial charge < -0.3 is 14.2 Å². The van der Waals surface area contributed by atoms with E-state index in [4.69, 9.17) is 14.2 Å². The van der Waals surface area contributed by atoms with E-state index >= 15 is 0 Å². The number of carbonyl (C=O) groups is 3. The van der Waals surface area contributed by atoms with Crippen LogP contribution in [0.3, 0.4) is 0 Å². The third-order valence-corrected chi connectivity index (χ3v) is 10.7. The minimum absolute atomic E-state index is 0.112. The minimum atomic E-state index is -0.817. The number of esters is 3. The van der Waals surface area contributed by atoms with Crippen molar-refractivity contribution >= 4 is 17.9 Å². The molecule has 0 saturated carbocycles. The van der Waals surface area contributed by atoms with E-state index in [9.17, 15) is 14.4 Å². The zero-order valence-corrected chi connectivity index (χ0v) is 42.0. The van der Waals surface area contributed by atoms with Crippen molar-refractivity contribution in [2.24, 2.45) is 0 Å². The van der Waals surface area contributed by atoms with Crippen LogP contribution >= 0.6 is 0 Å². The zero-order chi connectivity index (χ0) is 47.2. The topological polar surface area (TPSA) is 78.9 Å². The van der Waals surface area contributed by atoms with E-state index in [2.05, 4.69) is 130 Å². The number of carbonyl (C=O) groups excluding carboxylic acids is 3. The van der Waals surface area contributed by atoms with Crippen LogP contribution in [0.15, 0.2) is 109 Å². The van der Waals surface area contributed by atoms with Crippen molar-refractivity contribution in [1.82, 2.24) is 0 Å². The Morgan fingerprint density at radius 3 is 1.00 bits per heavy atom. The van der Waals surface area contributed by atoms with E-state index in [0.29, 0.717) is 19.3 Å². The van der Waals surface area contributed by atoms with Crippen LogP contribution in [-0.4, -0.2) is 37.2 Å². The van der Waals surface area contributed by atoms with Gasteiger partial charge in [-0.25, -0.2) is 0 Å². The van der Waals surface area contributed by atoms with Gasteiger partial charge in [0.1, 0.15) is 13.2 Å². The second-order valence-corrected chi connectivity index (χ2v) is 17.0. The first-order chi connectivity index (χ1) is 32.0. The van der Waals surface area contributed by atoms with Gasteiger partial charge in [-0.2, -0.15) is 0 Å². The molecule has 1 atom stereocenters. The Labute approximate surface area is 400 Å². The Bertz CT molecular complexity index is 1360. The predicted octanol–water partition coefficient (Wildman–Crippen LogP) is 17.5. The van der Waals surface area contributed by atoms with Gasteiger partial charge >= 0.3 is 17.9 Å². The fourth-order valence-electron chi connectivity index (χ4n) is 6.77. The summed E-state index contributed by atoms with van der Waals surface area (Å²) in [7, 11) is 0. The summed E-state index contributed by atoms with van der Waals surface area (Å²) in [6, 6.07) is 0. The Kier molecular flexibility index (Phi) is 49.5. The molecule has 0 aromatic carbocycles. The first-order valence-electron chi connectivity index (χ1n) is 26.4. The maximum absolute atomic E-state index is 12.8. The molecule has 6 heteroatoms. The van der Waals surface area contributed by atoms with Crippen LogP contribution < -0.4 is 0 Å². The van der Waals surface area contributed by atoms with Crippen LogP contribution in [0.2, 0.25) is 0 Å². The third-order valence-electron chi connectivity index (χ3n) is 10.7. The summed E-state index contributed by atoms with van der Waals surface area (Å²) in [5.74, 6) is -1.00. The highest BCUT2D eigenvalue weighted by Crippen LogP contribution is 2.12. The fraction of sp³-hybridized carbons (Fsp3) is 0.644. The summed E-state index contributed by atoms with van der Waals surface area (Å²) >= 11 is 0. The van der Waals surface area contributed by atoms with E-state index < -0.39 is 6.10 Å². The lowest BCUT2D eigenvalue weighted by Gasteiger charge is -2.18. The molecule has 0 bridgehead atoms. The Hall–Kier alpha value is -3.93. The molecule has 0 fully saturated rings. The highest BCUT2D eigenvalue weighted by atomic mass is 16.6. The van der Waals surface area contributed by atoms with E-state index in [1.165, 1.54) is 51.4 Å². The van der Waals surface area contributed by atoms with Crippen LogP contribution in [0.5, 0.6) is 0 Å². The quantitative estimate of drug-likeness (QED) is 0.0262. The highest BCUT2D eigenvalue weighted by Gasteiger charge is 2.19. The van der Waals surface area contributed by atoms with Crippen molar-refractivity contribution in [2.75, 3.05) is 13.2 Å². The van der Waals surface area contributed by atoms with E-state index in [0.717, 1.165) is 128 Å². The molecule has 0 aliphatic rings. The van der Waals surface area contributed by atoms with Gasteiger partial charge in [-0.15, -0.1) is 0 Å². The molecule has 0 aromatic heterocycles. The number of ether oxygens (including phenoxy) is 3. The molecule has 0 aliphatic heterocycles. The molecule has 0 aliphatic carbocycles. The largest absolute Gasteiger partial charge is 0.462 e. The van der Waals surface area contributed by atoms with Crippen LogP contribution in [-0.2, 0) is 28.6 Å². The molecular weight excluding hydrogens is 805 g/mol. The normalized spacial score (nSPS) is 13.0. The van der Waals surface area contributed by atoms with Gasteiger partial charge in [-0.1, -0.05) is 194 Å². The molecule has 0 saturated heterocycles. The molecule has 0 rings (SSSR count). The van der Waals surface area contributed by atoms with Crippen LogP contribution in [0.25, 0.3) is 0 Å². The SMILES string of the molecule is CC/C=C/C/C=C/C/C=C/CCCCCCCC(=O)O[C@@H](COC(=O)CCC/C=C/C/C=C/C/C=C/C/C=C/CCCCC)COC(=O)CCCCCCC/C=C/C/C=C/CCCCC. The lowest BCUT2D eigenvalue weighted by molar-refractivity contribution is -0.167. The van der Waals surface area contributed by atoms with Gasteiger partial charge in [0.15, 0.2) is 6.10 Å². The van der Waals surface area contributed by atoms with Crippen molar-refractivity contribution in [2.45, 2.75) is 232 Å². The lowest BCUT2D eigenvalue weighted by atomic mass is 10.1. The summed E-state index contributed by atoms with van der Waals surface area (Å²) in [5, 5.41) is 0. The highest BCUT2D eigenvalue weighted by molar-refractivity contribution is 5.71. The molecule has 6 nitrogen and oxygen atoms in total. The standard InChI is InChI=1S/C59H96O6/c1-4-7-10-13-16-19-22-25-28-29-32-34-37-40-43-46-49-52-58(61)64-55-56(65-59(62)53-50-47-44-41-38-35-31-27-24-21-18-15-12-9-6-3)54-63-57(60)51-48-45-42-39-36-33-30-26-23-20-17-14-11-8-5-2/h9,12,16-21,25-28,30-32,34,40,43,56H,4-8,10-11,13-15,22-24,29,33,35-39,41-42,44-55H2,1-3H3/b12-9+,19-16+,20-17+,21-18+,28-25+,30-26+,31-27+,34-32+,43-40+/t56-/m1/s1. The molecule has 0 aromatic rings. The van der Waals surface area contributed by atoms with Gasteiger partial charge in [0.25, 0.3) is 0 Å². The summed E-state index contributed by atoms with van der Waals surface area (Å²) in [6.45, 7) is 6.38. The Morgan fingerprint density at radius 1 is 0.323 bits per heavy atom. The van der Waals surface area contributed by atoms with Crippen molar-refractivity contribution in [3.63, 3.8) is 0 Å². The third kappa shape index (κ3) is 50.9. The van der Waals surface area contributed by atoms with Crippen molar-refractivity contribution in [3.05, 3.63) is 109 Å². The van der Waals surface area contributed by atoms with E-state index in [1.54, 1.807) is 0 Å². The zero-order valence-electron chi connectivity index (χ0n) is 42.0. The molecule has 0 spiro atoms. The molecule has 0 radical (unpaired) electrons. The van der Waals surface area contributed by atoms with Crippen LogP contribution in [0.1, 0.15) is 226 Å². The van der Waals surface area contributed by atoms with E-state index in [1.807, 2.05) is 0 Å². The molecule has 0 N–H and O–H groups in total. The first-order valence-corrected chi connectivity index (χ1v) is 26.4. The van der Waals surface area contributed by atoms with Gasteiger partial charge in [-0.3, -0.25) is 14.4 Å². The van der Waals surface area contributed by atoms with Crippen molar-refractivity contribution in [1.29, 1.82) is 0 Å². The van der Waals surface area contributed by atoms with E-state index in [-0.39, 0.29) is 37.5 Å². The molecule has 0 unspecified atom stereocenters. The second-order valence-electron chi connectivity index (χ2n) is 17.0. The summed E-state index contributed by atoms with van der Waals surface area (Å²) in [5.41, 5.74) is 0. The van der Waals surface area contributed by atoms with Gasteiger partial charge in [-0.05, 0) is 122 Å². The van der Waals surface area contributed by atoms with Crippen molar-refractivity contribution < 1.29 is 28.6 Å². The molecule has 368 valence electrons. The fourth-order valence-corrected chi connectivity index (χ4v) is 6.77. The number of hydrogen-bond donors (Lipinski definition) is 0. The van der Waals surface area contributed by atoms with Crippen LogP contribution in [0.4, 0.5) is 0 Å². The molecular formula is C59H96O6. The minimum Gasteiger partial charge on any atom is -0.462 e. The van der Waals surface area contributed by atoms with Crippen LogP contribution in [0, 0.1) is 0 Å².